The molecule has 0 aromatic rings. The second-order valence-electron chi connectivity index (χ2n) is 17.3. The third kappa shape index (κ3) is 40.0. The minimum Gasteiger partial charge on any atom is -0.499 e. The van der Waals surface area contributed by atoms with Gasteiger partial charge in [-0.05, 0) is 104 Å². The Hall–Kier alpha value is -0.760. The molecular formula is C49H99N3O3S. The first kappa shape index (κ1) is 55.2. The van der Waals surface area contributed by atoms with Crippen LogP contribution in [0.2, 0.25) is 0 Å². The van der Waals surface area contributed by atoms with Crippen molar-refractivity contribution < 1.29 is 14.3 Å². The molecule has 0 saturated carbocycles. The van der Waals surface area contributed by atoms with Crippen molar-refractivity contribution in [3.05, 3.63) is 12.3 Å². The first-order valence-corrected chi connectivity index (χ1v) is 25.2. The molecule has 7 heteroatoms. The van der Waals surface area contributed by atoms with E-state index >= 15 is 0 Å². The van der Waals surface area contributed by atoms with Gasteiger partial charge >= 0.3 is 5.97 Å². The van der Waals surface area contributed by atoms with E-state index in [-0.39, 0.29) is 17.6 Å². The molecule has 0 aromatic carbocycles. The van der Waals surface area contributed by atoms with Gasteiger partial charge in [-0.25, -0.2) is 0 Å². The summed E-state index contributed by atoms with van der Waals surface area (Å²) in [6.07, 6.45) is 41.9. The van der Waals surface area contributed by atoms with Gasteiger partial charge in [-0.2, -0.15) is 0 Å². The zero-order valence-electron chi connectivity index (χ0n) is 38.5. The average molecular weight is 810 g/mol. The quantitative estimate of drug-likeness (QED) is 0.0210. The van der Waals surface area contributed by atoms with Crippen molar-refractivity contribution in [2.45, 2.75) is 251 Å². The second kappa shape index (κ2) is 43.8. The maximum atomic E-state index is 12.8. The van der Waals surface area contributed by atoms with Gasteiger partial charge in [0.05, 0.1) is 12.4 Å². The highest BCUT2D eigenvalue weighted by Crippen LogP contribution is 2.19. The van der Waals surface area contributed by atoms with Crippen LogP contribution in [0.1, 0.15) is 239 Å². The average Bonchev–Trinajstić information content (AvgIpc) is 3.18. The van der Waals surface area contributed by atoms with Crippen LogP contribution in [0.4, 0.5) is 0 Å². The summed E-state index contributed by atoms with van der Waals surface area (Å²) in [4.78, 5) is 17.6. The van der Waals surface area contributed by atoms with E-state index in [4.69, 9.17) is 9.47 Å². The Bertz CT molecular complexity index is 812. The number of nitrogens with one attached hydrogen (secondary N) is 1. The topological polar surface area (TPSA) is 54.0 Å². The predicted molar refractivity (Wildman–Crippen MR) is 250 cm³/mol. The number of hydrogen-bond acceptors (Lipinski definition) is 7. The van der Waals surface area contributed by atoms with Gasteiger partial charge in [-0.3, -0.25) is 15.0 Å². The summed E-state index contributed by atoms with van der Waals surface area (Å²) in [6.45, 7) is 16.3. The fourth-order valence-corrected chi connectivity index (χ4v) is 7.66. The molecule has 0 amide bonds. The molecule has 1 N–H and O–H groups in total. The number of hydrogen-bond donors (Lipinski definition) is 2. The van der Waals surface area contributed by atoms with E-state index in [2.05, 4.69) is 69.2 Å². The van der Waals surface area contributed by atoms with E-state index in [1.165, 1.54) is 161 Å². The minimum absolute atomic E-state index is 0.0402. The molecule has 0 heterocycles. The van der Waals surface area contributed by atoms with Gasteiger partial charge in [0.25, 0.3) is 0 Å². The molecule has 0 bridgehead atoms. The van der Waals surface area contributed by atoms with Crippen molar-refractivity contribution in [1.82, 2.24) is 15.1 Å². The molecule has 0 spiro atoms. The number of nitrogens with zero attached hydrogens (tertiary/aromatic N) is 2. The summed E-state index contributed by atoms with van der Waals surface area (Å²) in [6, 6.07) is 0. The smallest absolute Gasteiger partial charge is 0.306 e. The largest absolute Gasteiger partial charge is 0.499 e. The number of carbonyl (C=O) groups is 1. The number of allylic oxidation sites excluding steroid dienone is 1. The highest BCUT2D eigenvalue weighted by Gasteiger charge is 2.14. The lowest BCUT2D eigenvalue weighted by molar-refractivity contribution is -0.150. The Morgan fingerprint density at radius 3 is 1.48 bits per heavy atom. The van der Waals surface area contributed by atoms with Crippen molar-refractivity contribution in [2.24, 2.45) is 0 Å². The molecule has 56 heavy (non-hydrogen) atoms. The molecule has 334 valence electrons. The Morgan fingerprint density at radius 1 is 0.554 bits per heavy atom. The highest BCUT2D eigenvalue weighted by molar-refractivity contribution is 7.80. The molecule has 0 rings (SSSR count). The van der Waals surface area contributed by atoms with Crippen molar-refractivity contribution >= 4 is 18.6 Å². The monoisotopic (exact) mass is 810 g/mol. The van der Waals surface area contributed by atoms with E-state index in [9.17, 15) is 4.79 Å². The SMILES string of the molecule is C=C(CCCCCN(CCCCCCCC(=O)OC(CCCCCCCC)CCCCCCCC)CCCNC(S)N(C)C)OCCCCCCCCCCC. The molecule has 0 aliphatic heterocycles. The zero-order valence-corrected chi connectivity index (χ0v) is 39.4. The fraction of sp³-hybridized carbons (Fsp3) is 0.939. The fourth-order valence-electron chi connectivity index (χ4n) is 7.53. The minimum atomic E-state index is 0.0402. The lowest BCUT2D eigenvalue weighted by atomic mass is 10.0. The lowest BCUT2D eigenvalue weighted by Gasteiger charge is -2.24. The molecule has 1 unspecified atom stereocenters. The number of rotatable bonds is 46. The maximum Gasteiger partial charge on any atom is 0.306 e. The van der Waals surface area contributed by atoms with Crippen LogP contribution in [0.15, 0.2) is 12.3 Å². The van der Waals surface area contributed by atoms with E-state index in [0.29, 0.717) is 6.42 Å². The first-order valence-electron chi connectivity index (χ1n) is 24.6. The Morgan fingerprint density at radius 2 is 0.964 bits per heavy atom. The predicted octanol–water partition coefficient (Wildman–Crippen LogP) is 14.4. The normalized spacial score (nSPS) is 12.3. The van der Waals surface area contributed by atoms with Crippen molar-refractivity contribution in [2.75, 3.05) is 46.9 Å². The van der Waals surface area contributed by atoms with E-state index in [1.807, 2.05) is 0 Å². The van der Waals surface area contributed by atoms with Crippen LogP contribution in [-0.2, 0) is 14.3 Å². The summed E-state index contributed by atoms with van der Waals surface area (Å²) in [5.41, 5.74) is 0.0999. The van der Waals surface area contributed by atoms with E-state index in [1.54, 1.807) is 0 Å². The van der Waals surface area contributed by atoms with Gasteiger partial charge in [-0.15, -0.1) is 12.6 Å². The van der Waals surface area contributed by atoms with Crippen molar-refractivity contribution in [1.29, 1.82) is 0 Å². The van der Waals surface area contributed by atoms with Gasteiger partial charge in [-0.1, -0.05) is 169 Å². The Labute approximate surface area is 356 Å². The molecule has 0 aromatic heterocycles. The van der Waals surface area contributed by atoms with Crippen LogP contribution in [0, 0.1) is 0 Å². The first-order chi connectivity index (χ1) is 27.3. The standard InChI is InChI=1S/C49H99N3O3S/c1-7-10-13-16-19-20-21-27-35-45-54-46(4)37-29-28-34-43-52(44-36-41-50-49(56)51(5)6)42-33-26-22-25-32-40-48(53)55-47(38-30-23-17-14-11-8-2)39-31-24-18-15-12-9-3/h47,49-50,56H,4,7-45H2,1-3,5-6H3. The van der Waals surface area contributed by atoms with Gasteiger partial charge in [0.1, 0.15) is 11.6 Å². The van der Waals surface area contributed by atoms with Gasteiger partial charge < -0.3 is 14.4 Å². The Balaban J connectivity index is 4.36. The second-order valence-corrected chi connectivity index (χ2v) is 17.7. The van der Waals surface area contributed by atoms with Crippen LogP contribution in [0.25, 0.3) is 0 Å². The summed E-state index contributed by atoms with van der Waals surface area (Å²) >= 11 is 4.63. The van der Waals surface area contributed by atoms with Gasteiger partial charge in [0.2, 0.25) is 0 Å². The number of unbranched alkanes of at least 4 members (excludes halogenated alkanes) is 24. The third-order valence-electron chi connectivity index (χ3n) is 11.4. The number of ether oxygens (including phenoxy) is 2. The highest BCUT2D eigenvalue weighted by atomic mass is 32.1. The Kier molecular flexibility index (Phi) is 43.2. The van der Waals surface area contributed by atoms with Crippen LogP contribution in [0.3, 0.4) is 0 Å². The van der Waals surface area contributed by atoms with Crippen molar-refractivity contribution in [3.8, 4) is 0 Å². The van der Waals surface area contributed by atoms with Crippen LogP contribution < -0.4 is 5.32 Å². The number of esters is 1. The van der Waals surface area contributed by atoms with Crippen LogP contribution in [0.5, 0.6) is 0 Å². The van der Waals surface area contributed by atoms with Crippen LogP contribution in [-0.4, -0.2) is 74.3 Å². The van der Waals surface area contributed by atoms with E-state index < -0.39 is 0 Å². The summed E-state index contributed by atoms with van der Waals surface area (Å²) < 4.78 is 12.0. The molecule has 0 aliphatic rings. The van der Waals surface area contributed by atoms with Crippen LogP contribution >= 0.6 is 12.6 Å². The third-order valence-corrected chi connectivity index (χ3v) is 12.0. The summed E-state index contributed by atoms with van der Waals surface area (Å²) in [5.74, 6) is 1.02. The lowest BCUT2D eigenvalue weighted by Crippen LogP contribution is -2.38. The summed E-state index contributed by atoms with van der Waals surface area (Å²) in [5, 5.41) is 3.52. The molecular weight excluding hydrogens is 711 g/mol. The summed E-state index contributed by atoms with van der Waals surface area (Å²) in [7, 11) is 4.12. The molecule has 0 radical (unpaired) electrons. The zero-order chi connectivity index (χ0) is 41.2. The number of carbonyl (C=O) groups excluding carboxylic acids is 1. The number of thiol groups is 1. The molecule has 0 fully saturated rings. The maximum absolute atomic E-state index is 12.8. The van der Waals surface area contributed by atoms with Crippen molar-refractivity contribution in [3.63, 3.8) is 0 Å². The molecule has 6 nitrogen and oxygen atoms in total. The van der Waals surface area contributed by atoms with Gasteiger partial charge in [0, 0.05) is 12.8 Å². The molecule has 0 aliphatic carbocycles. The van der Waals surface area contributed by atoms with E-state index in [0.717, 1.165) is 89.9 Å². The van der Waals surface area contributed by atoms with Gasteiger partial charge in [0.15, 0.2) is 0 Å². The molecule has 1 atom stereocenters. The molecule has 0 saturated heterocycles.